The van der Waals surface area contributed by atoms with E-state index in [1.54, 1.807) is 14.2 Å². The molecule has 1 unspecified atom stereocenters. The highest BCUT2D eigenvalue weighted by Crippen LogP contribution is 2.34. The molecule has 0 bridgehead atoms. The summed E-state index contributed by atoms with van der Waals surface area (Å²) < 4.78 is 10.6. The second-order valence-corrected chi connectivity index (χ2v) is 4.89. The fourth-order valence-electron chi connectivity index (χ4n) is 2.80. The molecule has 2 rings (SSSR count). The van der Waals surface area contributed by atoms with E-state index in [1.165, 1.54) is 18.4 Å². The topological polar surface area (TPSA) is 41.9 Å². The molecule has 1 atom stereocenters. The number of likely N-dealkylation sites (tertiary alicyclic amines) is 1. The Labute approximate surface area is 114 Å². The van der Waals surface area contributed by atoms with Gasteiger partial charge in [0.15, 0.2) is 11.5 Å². The van der Waals surface area contributed by atoms with Crippen LogP contribution in [0.2, 0.25) is 0 Å². The second kappa shape index (κ2) is 6.78. The lowest BCUT2D eigenvalue weighted by atomic mass is 10.0. The highest BCUT2D eigenvalue weighted by molar-refractivity contribution is 5.43. The second-order valence-electron chi connectivity index (χ2n) is 4.89. The average Bonchev–Trinajstić information content (AvgIpc) is 2.98. The van der Waals surface area contributed by atoms with Gasteiger partial charge in [-0.1, -0.05) is 6.07 Å². The zero-order chi connectivity index (χ0) is 13.7. The summed E-state index contributed by atoms with van der Waals surface area (Å²) in [4.78, 5) is 2.44. The van der Waals surface area contributed by atoms with Crippen molar-refractivity contribution in [1.29, 1.82) is 0 Å². The van der Waals surface area contributed by atoms with Crippen molar-refractivity contribution in [3.8, 4) is 11.5 Å². The molecule has 1 aromatic rings. The van der Waals surface area contributed by atoms with Crippen LogP contribution in [0.5, 0.6) is 11.5 Å². The van der Waals surface area contributed by atoms with Gasteiger partial charge in [-0.2, -0.15) is 0 Å². The zero-order valence-electron chi connectivity index (χ0n) is 11.8. The molecule has 4 nitrogen and oxygen atoms in total. The van der Waals surface area contributed by atoms with Gasteiger partial charge in [-0.25, -0.2) is 0 Å². The first-order chi connectivity index (χ1) is 9.30. The van der Waals surface area contributed by atoms with Crippen LogP contribution in [-0.4, -0.2) is 43.9 Å². The standard InChI is InChI=1S/C15H23NO3/c1-18-14-6-5-12(11-15(14)19-2)13(7-10-17)16-8-3-4-9-16/h5-6,11,13,17H,3-4,7-10H2,1-2H3. The molecule has 0 aromatic heterocycles. The third-order valence-corrected chi connectivity index (χ3v) is 3.78. The van der Waals surface area contributed by atoms with Crippen LogP contribution in [0.1, 0.15) is 30.9 Å². The number of hydrogen-bond donors (Lipinski definition) is 1. The van der Waals surface area contributed by atoms with Crippen molar-refractivity contribution in [1.82, 2.24) is 4.90 Å². The Morgan fingerprint density at radius 3 is 2.42 bits per heavy atom. The first kappa shape index (κ1) is 14.2. The Bertz CT molecular complexity index is 402. The molecule has 0 spiro atoms. The van der Waals surface area contributed by atoms with Crippen molar-refractivity contribution < 1.29 is 14.6 Å². The molecule has 19 heavy (non-hydrogen) atoms. The van der Waals surface area contributed by atoms with Crippen molar-refractivity contribution in [2.24, 2.45) is 0 Å². The van der Waals surface area contributed by atoms with E-state index in [0.29, 0.717) is 0 Å². The van der Waals surface area contributed by atoms with Gasteiger partial charge in [0.2, 0.25) is 0 Å². The van der Waals surface area contributed by atoms with E-state index in [4.69, 9.17) is 9.47 Å². The third-order valence-electron chi connectivity index (χ3n) is 3.78. The number of rotatable bonds is 6. The van der Waals surface area contributed by atoms with Crippen molar-refractivity contribution in [3.63, 3.8) is 0 Å². The lowest BCUT2D eigenvalue weighted by Gasteiger charge is -2.28. The van der Waals surface area contributed by atoms with E-state index >= 15 is 0 Å². The average molecular weight is 265 g/mol. The van der Waals surface area contributed by atoms with Crippen LogP contribution in [0.15, 0.2) is 18.2 Å². The highest BCUT2D eigenvalue weighted by atomic mass is 16.5. The van der Waals surface area contributed by atoms with Gasteiger partial charge in [0, 0.05) is 12.6 Å². The van der Waals surface area contributed by atoms with Gasteiger partial charge in [0.1, 0.15) is 0 Å². The fourth-order valence-corrected chi connectivity index (χ4v) is 2.80. The first-order valence-electron chi connectivity index (χ1n) is 6.87. The van der Waals surface area contributed by atoms with Crippen molar-refractivity contribution >= 4 is 0 Å². The lowest BCUT2D eigenvalue weighted by molar-refractivity contribution is 0.185. The summed E-state index contributed by atoms with van der Waals surface area (Å²) in [5.41, 5.74) is 1.19. The van der Waals surface area contributed by atoms with Gasteiger partial charge in [-0.05, 0) is 50.0 Å². The first-order valence-corrected chi connectivity index (χ1v) is 6.87. The molecule has 106 valence electrons. The molecule has 1 aliphatic rings. The van der Waals surface area contributed by atoms with Crippen molar-refractivity contribution in [3.05, 3.63) is 23.8 Å². The number of ether oxygens (including phenoxy) is 2. The van der Waals surface area contributed by atoms with Crippen molar-refractivity contribution in [2.45, 2.75) is 25.3 Å². The van der Waals surface area contributed by atoms with Crippen molar-refractivity contribution in [2.75, 3.05) is 33.9 Å². The molecule has 1 fully saturated rings. The maximum Gasteiger partial charge on any atom is 0.161 e. The van der Waals surface area contributed by atoms with Crippen LogP contribution in [0.25, 0.3) is 0 Å². The number of methoxy groups -OCH3 is 2. The number of hydrogen-bond acceptors (Lipinski definition) is 4. The molecule has 1 heterocycles. The predicted octanol–water partition coefficient (Wildman–Crippen LogP) is 2.22. The molecule has 0 aliphatic carbocycles. The van der Waals surface area contributed by atoms with E-state index in [2.05, 4.69) is 11.0 Å². The van der Waals surface area contributed by atoms with Gasteiger partial charge < -0.3 is 14.6 Å². The van der Waals surface area contributed by atoms with Crippen LogP contribution in [0.4, 0.5) is 0 Å². The highest BCUT2D eigenvalue weighted by Gasteiger charge is 2.23. The Balaban J connectivity index is 2.25. The number of benzene rings is 1. The van der Waals surface area contributed by atoms with Gasteiger partial charge >= 0.3 is 0 Å². The maximum atomic E-state index is 9.30. The molecule has 4 heteroatoms. The molecule has 1 aliphatic heterocycles. The Morgan fingerprint density at radius 2 is 1.84 bits per heavy atom. The van der Waals surface area contributed by atoms with E-state index in [0.717, 1.165) is 31.0 Å². The molecular weight excluding hydrogens is 242 g/mol. The van der Waals surface area contributed by atoms with E-state index in [-0.39, 0.29) is 12.6 Å². The summed E-state index contributed by atoms with van der Waals surface area (Å²) in [7, 11) is 3.29. The molecule has 0 radical (unpaired) electrons. The van der Waals surface area contributed by atoms with Gasteiger partial charge in [0.05, 0.1) is 14.2 Å². The molecular formula is C15H23NO3. The molecule has 0 saturated carbocycles. The number of nitrogens with zero attached hydrogens (tertiary/aromatic N) is 1. The molecule has 1 N–H and O–H groups in total. The predicted molar refractivity (Wildman–Crippen MR) is 74.8 cm³/mol. The normalized spacial score (nSPS) is 17.4. The maximum absolute atomic E-state index is 9.30. The third kappa shape index (κ3) is 3.19. The summed E-state index contributed by atoms with van der Waals surface area (Å²) in [5, 5.41) is 9.30. The summed E-state index contributed by atoms with van der Waals surface area (Å²) in [5.74, 6) is 1.50. The van der Waals surface area contributed by atoms with Crippen LogP contribution in [-0.2, 0) is 0 Å². The lowest BCUT2D eigenvalue weighted by Crippen LogP contribution is -2.26. The van der Waals surface area contributed by atoms with E-state index in [9.17, 15) is 5.11 Å². The van der Waals surface area contributed by atoms with Gasteiger partial charge in [-0.3, -0.25) is 4.90 Å². The van der Waals surface area contributed by atoms with Gasteiger partial charge in [-0.15, -0.1) is 0 Å². The summed E-state index contributed by atoms with van der Waals surface area (Å²) in [6.07, 6.45) is 3.25. The Kier molecular flexibility index (Phi) is 5.05. The minimum atomic E-state index is 0.204. The molecule has 1 saturated heterocycles. The Morgan fingerprint density at radius 1 is 1.16 bits per heavy atom. The van der Waals surface area contributed by atoms with E-state index in [1.807, 2.05) is 12.1 Å². The smallest absolute Gasteiger partial charge is 0.161 e. The minimum absolute atomic E-state index is 0.204. The number of aliphatic hydroxyl groups is 1. The van der Waals surface area contributed by atoms with E-state index < -0.39 is 0 Å². The quantitative estimate of drug-likeness (QED) is 0.856. The largest absolute Gasteiger partial charge is 0.493 e. The number of aliphatic hydroxyl groups excluding tert-OH is 1. The summed E-state index contributed by atoms with van der Waals surface area (Å²) >= 11 is 0. The van der Waals surface area contributed by atoms with Crippen LogP contribution in [0, 0.1) is 0 Å². The fraction of sp³-hybridized carbons (Fsp3) is 0.600. The SMILES string of the molecule is COc1ccc(C(CCO)N2CCCC2)cc1OC. The Hall–Kier alpha value is -1.26. The van der Waals surface area contributed by atoms with Crippen LogP contribution < -0.4 is 9.47 Å². The van der Waals surface area contributed by atoms with Gasteiger partial charge in [0.25, 0.3) is 0 Å². The zero-order valence-corrected chi connectivity index (χ0v) is 11.8. The minimum Gasteiger partial charge on any atom is -0.493 e. The summed E-state index contributed by atoms with van der Waals surface area (Å²) in [6, 6.07) is 6.30. The monoisotopic (exact) mass is 265 g/mol. The molecule has 0 amide bonds. The summed E-state index contributed by atoms with van der Waals surface area (Å²) in [6.45, 7) is 2.42. The van der Waals surface area contributed by atoms with Crippen LogP contribution in [0.3, 0.4) is 0 Å². The van der Waals surface area contributed by atoms with Crippen LogP contribution >= 0.6 is 0 Å². The molecule has 1 aromatic carbocycles.